The Labute approximate surface area is 172 Å². The van der Waals surface area contributed by atoms with Gasteiger partial charge in [0.1, 0.15) is 6.54 Å². The fourth-order valence-corrected chi connectivity index (χ4v) is 3.90. The molecule has 0 aliphatic rings. The molecule has 0 saturated heterocycles. The first-order valence-corrected chi connectivity index (χ1v) is 11.0. The van der Waals surface area contributed by atoms with E-state index in [-0.39, 0.29) is 12.6 Å². The third-order valence-corrected chi connectivity index (χ3v) is 5.73. The van der Waals surface area contributed by atoms with Crippen molar-refractivity contribution < 1.29 is 22.7 Å². The van der Waals surface area contributed by atoms with Crippen molar-refractivity contribution in [1.29, 1.82) is 0 Å². The number of anilines is 1. The van der Waals surface area contributed by atoms with Crippen LogP contribution in [-0.4, -0.2) is 41.3 Å². The highest BCUT2D eigenvalue weighted by molar-refractivity contribution is 7.92. The molecule has 7 nitrogen and oxygen atoms in total. The fourth-order valence-electron chi connectivity index (χ4n) is 2.99. The molecule has 2 aromatic carbocycles. The van der Waals surface area contributed by atoms with Crippen molar-refractivity contribution in [2.75, 3.05) is 31.3 Å². The molecule has 0 unspecified atom stereocenters. The Hall–Kier alpha value is -2.74. The van der Waals surface area contributed by atoms with E-state index < -0.39 is 15.9 Å². The number of benzene rings is 2. The van der Waals surface area contributed by atoms with Gasteiger partial charge in [0.05, 0.1) is 32.2 Å². The van der Waals surface area contributed by atoms with Gasteiger partial charge in [-0.15, -0.1) is 0 Å². The largest absolute Gasteiger partial charge is 0.493 e. The van der Waals surface area contributed by atoms with Crippen LogP contribution in [-0.2, 0) is 14.8 Å². The number of sulfonamides is 1. The van der Waals surface area contributed by atoms with Crippen LogP contribution in [0, 0.1) is 13.8 Å². The molecule has 8 heteroatoms. The molecule has 0 aliphatic heterocycles. The summed E-state index contributed by atoms with van der Waals surface area (Å²) in [6.45, 7) is 5.21. The molecular weight excluding hydrogens is 392 g/mol. The quantitative estimate of drug-likeness (QED) is 0.710. The monoisotopic (exact) mass is 420 g/mol. The van der Waals surface area contributed by atoms with E-state index in [1.54, 1.807) is 32.4 Å². The van der Waals surface area contributed by atoms with Crippen molar-refractivity contribution in [2.45, 2.75) is 26.8 Å². The maximum absolute atomic E-state index is 12.7. The summed E-state index contributed by atoms with van der Waals surface area (Å²) in [6, 6.07) is 10.5. The van der Waals surface area contributed by atoms with E-state index in [1.807, 2.05) is 39.0 Å². The molecule has 2 rings (SSSR count). The Morgan fingerprint density at radius 3 is 2.31 bits per heavy atom. The predicted molar refractivity (Wildman–Crippen MR) is 114 cm³/mol. The van der Waals surface area contributed by atoms with Crippen molar-refractivity contribution in [3.05, 3.63) is 53.1 Å². The van der Waals surface area contributed by atoms with Crippen LogP contribution in [0.25, 0.3) is 0 Å². The van der Waals surface area contributed by atoms with Gasteiger partial charge in [0, 0.05) is 0 Å². The molecule has 0 aliphatic carbocycles. The summed E-state index contributed by atoms with van der Waals surface area (Å²) < 4.78 is 36.4. The smallest absolute Gasteiger partial charge is 0.241 e. The number of hydrogen-bond donors (Lipinski definition) is 1. The fraction of sp³-hybridized carbons (Fsp3) is 0.381. The maximum Gasteiger partial charge on any atom is 0.241 e. The molecule has 0 radical (unpaired) electrons. The summed E-state index contributed by atoms with van der Waals surface area (Å²) in [6.07, 6.45) is 1.10. The minimum atomic E-state index is -3.64. The first-order chi connectivity index (χ1) is 13.6. The minimum absolute atomic E-state index is 0.305. The van der Waals surface area contributed by atoms with E-state index in [0.717, 1.165) is 27.3 Å². The van der Waals surface area contributed by atoms with Crippen LogP contribution < -0.4 is 19.1 Å². The van der Waals surface area contributed by atoms with Crippen LogP contribution in [0.15, 0.2) is 36.4 Å². The minimum Gasteiger partial charge on any atom is -0.493 e. The molecular formula is C21H28N2O5S. The zero-order valence-electron chi connectivity index (χ0n) is 17.6. The number of hydrogen-bond acceptors (Lipinski definition) is 5. The lowest BCUT2D eigenvalue weighted by Gasteiger charge is -2.25. The molecule has 0 fully saturated rings. The Kier molecular flexibility index (Phi) is 7.13. The van der Waals surface area contributed by atoms with Gasteiger partial charge < -0.3 is 14.8 Å². The topological polar surface area (TPSA) is 84.9 Å². The number of carbonyl (C=O) groups excluding carboxylic acids is 1. The van der Waals surface area contributed by atoms with Gasteiger partial charge in [-0.1, -0.05) is 18.2 Å². The second-order valence-corrected chi connectivity index (χ2v) is 8.87. The van der Waals surface area contributed by atoms with Crippen molar-refractivity contribution in [2.24, 2.45) is 0 Å². The van der Waals surface area contributed by atoms with E-state index >= 15 is 0 Å². The van der Waals surface area contributed by atoms with Crippen LogP contribution in [0.5, 0.6) is 11.5 Å². The van der Waals surface area contributed by atoms with Gasteiger partial charge in [-0.3, -0.25) is 9.10 Å². The van der Waals surface area contributed by atoms with Crippen LogP contribution in [0.2, 0.25) is 0 Å². The predicted octanol–water partition coefficient (Wildman–Crippen LogP) is 2.96. The summed E-state index contributed by atoms with van der Waals surface area (Å²) in [5.74, 6) is 0.741. The second-order valence-electron chi connectivity index (χ2n) is 6.96. The summed E-state index contributed by atoms with van der Waals surface area (Å²) in [7, 11) is -0.544. The molecule has 2 aromatic rings. The van der Waals surface area contributed by atoms with Crippen LogP contribution in [0.1, 0.15) is 29.7 Å². The van der Waals surface area contributed by atoms with Crippen molar-refractivity contribution in [3.63, 3.8) is 0 Å². The zero-order valence-corrected chi connectivity index (χ0v) is 18.5. The van der Waals surface area contributed by atoms with Gasteiger partial charge in [0.25, 0.3) is 0 Å². The molecule has 0 spiro atoms. The molecule has 1 N–H and O–H groups in total. The van der Waals surface area contributed by atoms with Crippen molar-refractivity contribution in [3.8, 4) is 11.5 Å². The van der Waals surface area contributed by atoms with E-state index in [2.05, 4.69) is 5.32 Å². The third-order valence-electron chi connectivity index (χ3n) is 4.61. The molecule has 0 saturated carbocycles. The Morgan fingerprint density at radius 1 is 1.07 bits per heavy atom. The van der Waals surface area contributed by atoms with Crippen LogP contribution in [0.4, 0.5) is 5.69 Å². The number of nitrogens with zero attached hydrogens (tertiary/aromatic N) is 1. The van der Waals surface area contributed by atoms with Crippen molar-refractivity contribution in [1.82, 2.24) is 5.32 Å². The molecule has 0 aromatic heterocycles. The Balaban J connectivity index is 2.21. The lowest BCUT2D eigenvalue weighted by molar-refractivity contribution is -0.120. The standard InChI is InChI=1S/C21H28N2O5S/c1-14-7-8-15(2)18(11-14)23(29(6,25)26)13-21(24)22-16(3)17-9-10-19(27-4)20(12-17)28-5/h7-12,16H,13H2,1-6H3,(H,22,24)/t16-/m0/s1. The van der Waals surface area contributed by atoms with Crippen molar-refractivity contribution >= 4 is 21.6 Å². The normalized spacial score (nSPS) is 12.2. The van der Waals surface area contributed by atoms with Crippen LogP contribution >= 0.6 is 0 Å². The number of aryl methyl sites for hydroxylation is 2. The highest BCUT2D eigenvalue weighted by Crippen LogP contribution is 2.30. The van der Waals surface area contributed by atoms with Gasteiger partial charge in [0.2, 0.25) is 15.9 Å². The number of amides is 1. The first-order valence-electron chi connectivity index (χ1n) is 9.13. The van der Waals surface area contributed by atoms with Gasteiger partial charge in [-0.05, 0) is 55.7 Å². The molecule has 29 heavy (non-hydrogen) atoms. The average Bonchev–Trinajstić information content (AvgIpc) is 2.66. The second kappa shape index (κ2) is 9.17. The Morgan fingerprint density at radius 2 is 1.72 bits per heavy atom. The highest BCUT2D eigenvalue weighted by Gasteiger charge is 2.23. The van der Waals surface area contributed by atoms with E-state index in [9.17, 15) is 13.2 Å². The molecule has 1 amide bonds. The van der Waals surface area contributed by atoms with E-state index in [1.165, 1.54) is 0 Å². The highest BCUT2D eigenvalue weighted by atomic mass is 32.2. The number of methoxy groups -OCH3 is 2. The average molecular weight is 421 g/mol. The van der Waals surface area contributed by atoms with E-state index in [0.29, 0.717) is 17.2 Å². The summed E-state index contributed by atoms with van der Waals surface area (Å²) in [5.41, 5.74) is 3.01. The SMILES string of the molecule is COc1ccc([C@H](C)NC(=O)CN(c2cc(C)ccc2C)S(C)(=O)=O)cc1OC. The molecule has 1 atom stereocenters. The van der Waals surface area contributed by atoms with Gasteiger partial charge in [0.15, 0.2) is 11.5 Å². The number of carbonyl (C=O) groups is 1. The number of nitrogens with one attached hydrogen (secondary N) is 1. The van der Waals surface area contributed by atoms with Crippen LogP contribution in [0.3, 0.4) is 0 Å². The number of ether oxygens (including phenoxy) is 2. The summed E-state index contributed by atoms with van der Waals surface area (Å²) in [4.78, 5) is 12.7. The maximum atomic E-state index is 12.7. The molecule has 158 valence electrons. The number of rotatable bonds is 8. The van der Waals surface area contributed by atoms with Gasteiger partial charge in [-0.25, -0.2) is 8.42 Å². The lowest BCUT2D eigenvalue weighted by Crippen LogP contribution is -2.41. The van der Waals surface area contributed by atoms with Gasteiger partial charge in [-0.2, -0.15) is 0 Å². The molecule has 0 heterocycles. The summed E-state index contributed by atoms with van der Waals surface area (Å²) in [5, 5.41) is 2.85. The Bertz CT molecular complexity index is 989. The third kappa shape index (κ3) is 5.63. The molecule has 0 bridgehead atoms. The lowest BCUT2D eigenvalue weighted by atomic mass is 10.1. The van der Waals surface area contributed by atoms with E-state index in [4.69, 9.17) is 9.47 Å². The van der Waals surface area contributed by atoms with Gasteiger partial charge >= 0.3 is 0 Å². The zero-order chi connectivity index (χ0) is 21.8. The summed E-state index contributed by atoms with van der Waals surface area (Å²) >= 11 is 0. The first kappa shape index (κ1) is 22.5.